The molecule has 35 heavy (non-hydrogen) atoms. The second kappa shape index (κ2) is 10.2. The molecule has 6 nitrogen and oxygen atoms in total. The van der Waals surface area contributed by atoms with Gasteiger partial charge in [0.15, 0.2) is 11.5 Å². The van der Waals surface area contributed by atoms with Crippen LogP contribution in [0.25, 0.3) is 11.0 Å². The smallest absolute Gasteiger partial charge is 0.227 e. The molecule has 3 aromatic carbocycles. The van der Waals surface area contributed by atoms with Crippen LogP contribution in [0.3, 0.4) is 0 Å². The molecule has 1 aromatic heterocycles. The van der Waals surface area contributed by atoms with Crippen molar-refractivity contribution in [2.24, 2.45) is 0 Å². The van der Waals surface area contributed by atoms with E-state index in [1.165, 1.54) is 0 Å². The minimum atomic E-state index is 0.0697. The fraction of sp³-hybridized carbons (Fsp3) is 0.310. The summed E-state index contributed by atoms with van der Waals surface area (Å²) >= 11 is 0. The lowest BCUT2D eigenvalue weighted by Gasteiger charge is -2.18. The first kappa shape index (κ1) is 23.0. The Kier molecular flexibility index (Phi) is 6.70. The van der Waals surface area contributed by atoms with Crippen molar-refractivity contribution in [3.05, 3.63) is 84.2 Å². The minimum Gasteiger partial charge on any atom is -0.493 e. The molecule has 0 saturated carbocycles. The number of rotatable bonds is 9. The Morgan fingerprint density at radius 2 is 1.77 bits per heavy atom. The highest BCUT2D eigenvalue weighted by Gasteiger charge is 2.34. The van der Waals surface area contributed by atoms with Crippen LogP contribution in [0.15, 0.2) is 72.8 Å². The maximum atomic E-state index is 12.9. The number of benzene rings is 3. The van der Waals surface area contributed by atoms with Crippen LogP contribution >= 0.6 is 0 Å². The number of unbranched alkanes of at least 4 members (excludes halogenated alkanes) is 1. The summed E-state index contributed by atoms with van der Waals surface area (Å²) in [5.41, 5.74) is 4.22. The summed E-state index contributed by atoms with van der Waals surface area (Å²) in [6, 6.07) is 24.1. The van der Waals surface area contributed by atoms with Gasteiger partial charge in [0.05, 0.1) is 24.8 Å². The third kappa shape index (κ3) is 4.87. The van der Waals surface area contributed by atoms with Crippen LogP contribution in [0, 0.1) is 6.92 Å². The number of carbonyl (C=O) groups is 1. The molecule has 1 aliphatic rings. The Labute approximate surface area is 206 Å². The van der Waals surface area contributed by atoms with E-state index in [-0.39, 0.29) is 11.8 Å². The number of carbonyl (C=O) groups excluding carboxylic acids is 1. The predicted octanol–water partition coefficient (Wildman–Crippen LogP) is 5.73. The number of aryl methyl sites for hydroxylation is 2. The third-order valence-electron chi connectivity index (χ3n) is 6.59. The quantitative estimate of drug-likeness (QED) is 0.294. The Bertz CT molecular complexity index is 1330. The van der Waals surface area contributed by atoms with Crippen molar-refractivity contribution in [3.8, 4) is 11.5 Å². The van der Waals surface area contributed by atoms with E-state index in [1.54, 1.807) is 7.11 Å². The van der Waals surface area contributed by atoms with Gasteiger partial charge in [0, 0.05) is 31.1 Å². The fourth-order valence-electron chi connectivity index (χ4n) is 4.86. The van der Waals surface area contributed by atoms with Gasteiger partial charge in [-0.3, -0.25) is 4.79 Å². The second-order valence-electron chi connectivity index (χ2n) is 9.06. The summed E-state index contributed by atoms with van der Waals surface area (Å²) in [5, 5.41) is 0. The van der Waals surface area contributed by atoms with Gasteiger partial charge in [-0.15, -0.1) is 0 Å². The lowest BCUT2D eigenvalue weighted by atomic mass is 10.1. The van der Waals surface area contributed by atoms with Crippen LogP contribution in [-0.4, -0.2) is 35.7 Å². The molecule has 0 aliphatic carbocycles. The average molecular weight is 470 g/mol. The number of para-hydroxylation sites is 4. The van der Waals surface area contributed by atoms with E-state index >= 15 is 0 Å². The SMILES string of the molecule is COc1ccccc1OCCCCn1c(C2CC(=O)N(c3cccc(C)c3)C2)nc2ccccc21. The maximum absolute atomic E-state index is 12.9. The van der Waals surface area contributed by atoms with Crippen molar-refractivity contribution in [3.63, 3.8) is 0 Å². The number of nitrogens with zero attached hydrogens (tertiary/aromatic N) is 3. The van der Waals surface area contributed by atoms with Crippen LogP contribution in [0.1, 0.15) is 36.6 Å². The normalized spacial score (nSPS) is 15.7. The van der Waals surface area contributed by atoms with Crippen LogP contribution in [0.2, 0.25) is 0 Å². The molecule has 1 unspecified atom stereocenters. The lowest BCUT2D eigenvalue weighted by molar-refractivity contribution is -0.117. The summed E-state index contributed by atoms with van der Waals surface area (Å²) in [7, 11) is 1.65. The molecule has 1 amide bonds. The fourth-order valence-corrected chi connectivity index (χ4v) is 4.86. The topological polar surface area (TPSA) is 56.6 Å². The third-order valence-corrected chi connectivity index (χ3v) is 6.59. The van der Waals surface area contributed by atoms with Gasteiger partial charge in [-0.2, -0.15) is 0 Å². The van der Waals surface area contributed by atoms with E-state index in [0.717, 1.165) is 59.0 Å². The van der Waals surface area contributed by atoms with Crippen molar-refractivity contribution < 1.29 is 14.3 Å². The molecule has 0 spiro atoms. The van der Waals surface area contributed by atoms with Gasteiger partial charge >= 0.3 is 0 Å². The van der Waals surface area contributed by atoms with Gasteiger partial charge in [-0.25, -0.2) is 4.98 Å². The minimum absolute atomic E-state index is 0.0697. The summed E-state index contributed by atoms with van der Waals surface area (Å²) < 4.78 is 13.6. The van der Waals surface area contributed by atoms with E-state index in [2.05, 4.69) is 35.8 Å². The van der Waals surface area contributed by atoms with Crippen molar-refractivity contribution in [2.75, 3.05) is 25.2 Å². The molecule has 180 valence electrons. The van der Waals surface area contributed by atoms with Crippen molar-refractivity contribution in [1.29, 1.82) is 0 Å². The Balaban J connectivity index is 1.29. The zero-order chi connectivity index (χ0) is 24.2. The van der Waals surface area contributed by atoms with Crippen molar-refractivity contribution >= 4 is 22.6 Å². The number of anilines is 1. The first-order chi connectivity index (χ1) is 17.1. The van der Waals surface area contributed by atoms with Crippen LogP contribution in [-0.2, 0) is 11.3 Å². The molecule has 4 aromatic rings. The number of methoxy groups -OCH3 is 1. The number of imidazole rings is 1. The predicted molar refractivity (Wildman–Crippen MR) is 138 cm³/mol. The van der Waals surface area contributed by atoms with Crippen LogP contribution < -0.4 is 14.4 Å². The highest BCUT2D eigenvalue weighted by atomic mass is 16.5. The molecule has 0 N–H and O–H groups in total. The number of amides is 1. The zero-order valence-electron chi connectivity index (χ0n) is 20.3. The number of hydrogen-bond donors (Lipinski definition) is 0. The second-order valence-corrected chi connectivity index (χ2v) is 9.06. The van der Waals surface area contributed by atoms with Gasteiger partial charge in [-0.1, -0.05) is 36.4 Å². The highest BCUT2D eigenvalue weighted by molar-refractivity contribution is 5.96. The molecule has 2 heterocycles. The standard InChI is InChI=1S/C29H31N3O3/c1-21-10-9-11-23(18-21)32-20-22(19-28(32)33)29-30-24-12-3-4-13-25(24)31(29)16-7-8-17-35-27-15-6-5-14-26(27)34-2/h3-6,9-15,18,22H,7-8,16-17,19-20H2,1-2H3. The number of aromatic nitrogens is 2. The van der Waals surface area contributed by atoms with Gasteiger partial charge in [0.2, 0.25) is 5.91 Å². The average Bonchev–Trinajstić information content (AvgIpc) is 3.44. The molecule has 0 bridgehead atoms. The molecular weight excluding hydrogens is 438 g/mol. The van der Waals surface area contributed by atoms with E-state index in [9.17, 15) is 4.79 Å². The van der Waals surface area contributed by atoms with E-state index in [1.807, 2.05) is 53.4 Å². The molecule has 1 saturated heterocycles. The van der Waals surface area contributed by atoms with Gasteiger partial charge < -0.3 is 18.9 Å². The van der Waals surface area contributed by atoms with Crippen molar-refractivity contribution in [1.82, 2.24) is 9.55 Å². The van der Waals surface area contributed by atoms with E-state index < -0.39 is 0 Å². The Morgan fingerprint density at radius 1 is 0.971 bits per heavy atom. The number of fused-ring (bicyclic) bond motifs is 1. The Morgan fingerprint density at radius 3 is 2.60 bits per heavy atom. The summed E-state index contributed by atoms with van der Waals surface area (Å²) in [6.07, 6.45) is 2.34. The lowest BCUT2D eigenvalue weighted by Crippen LogP contribution is -2.24. The largest absolute Gasteiger partial charge is 0.493 e. The van der Waals surface area contributed by atoms with E-state index in [0.29, 0.717) is 19.6 Å². The molecule has 6 heteroatoms. The molecular formula is C29H31N3O3. The van der Waals surface area contributed by atoms with Gasteiger partial charge in [-0.05, 0) is 61.7 Å². The van der Waals surface area contributed by atoms with Gasteiger partial charge in [0.1, 0.15) is 5.82 Å². The summed E-state index contributed by atoms with van der Waals surface area (Å²) in [4.78, 5) is 19.8. The van der Waals surface area contributed by atoms with Gasteiger partial charge in [0.25, 0.3) is 0 Å². The number of hydrogen-bond acceptors (Lipinski definition) is 4. The maximum Gasteiger partial charge on any atom is 0.227 e. The highest BCUT2D eigenvalue weighted by Crippen LogP contribution is 2.34. The van der Waals surface area contributed by atoms with Crippen LogP contribution in [0.5, 0.6) is 11.5 Å². The molecule has 1 atom stereocenters. The van der Waals surface area contributed by atoms with Crippen LogP contribution in [0.4, 0.5) is 5.69 Å². The Hall–Kier alpha value is -3.80. The summed E-state index contributed by atoms with van der Waals surface area (Å²) in [6.45, 7) is 4.16. The molecule has 1 aliphatic heterocycles. The zero-order valence-corrected chi connectivity index (χ0v) is 20.3. The monoisotopic (exact) mass is 469 g/mol. The first-order valence-corrected chi connectivity index (χ1v) is 12.2. The van der Waals surface area contributed by atoms with Crippen molar-refractivity contribution in [2.45, 2.75) is 38.6 Å². The summed E-state index contributed by atoms with van der Waals surface area (Å²) in [5.74, 6) is 2.74. The van der Waals surface area contributed by atoms with E-state index in [4.69, 9.17) is 14.5 Å². The molecule has 5 rings (SSSR count). The number of ether oxygens (including phenoxy) is 2. The molecule has 0 radical (unpaired) electrons. The first-order valence-electron chi connectivity index (χ1n) is 12.2. The molecule has 1 fully saturated rings.